The molecular formula is C14H15N3OS. The van der Waals surface area contributed by atoms with Crippen molar-refractivity contribution in [2.45, 2.75) is 19.1 Å². The first-order chi connectivity index (χ1) is 9.16. The molecule has 2 heterocycles. The van der Waals surface area contributed by atoms with E-state index in [4.69, 9.17) is 0 Å². The molecule has 1 aromatic heterocycles. The first kappa shape index (κ1) is 12.3. The van der Waals surface area contributed by atoms with E-state index < -0.39 is 0 Å². The predicted molar refractivity (Wildman–Crippen MR) is 77.4 cm³/mol. The van der Waals surface area contributed by atoms with Gasteiger partial charge in [-0.2, -0.15) is 5.10 Å². The predicted octanol–water partition coefficient (Wildman–Crippen LogP) is 2.80. The van der Waals surface area contributed by atoms with E-state index in [9.17, 15) is 4.79 Å². The molecule has 1 amide bonds. The molecular weight excluding hydrogens is 258 g/mol. The van der Waals surface area contributed by atoms with Crippen molar-refractivity contribution in [2.24, 2.45) is 0 Å². The average Bonchev–Trinajstić information content (AvgIpc) is 2.65. The molecule has 2 aromatic rings. The number of hydrogen-bond donors (Lipinski definition) is 2. The molecule has 98 valence electrons. The highest BCUT2D eigenvalue weighted by molar-refractivity contribution is 8.00. The largest absolute Gasteiger partial charge is 0.308 e. The summed E-state index contributed by atoms with van der Waals surface area (Å²) >= 11 is 1.65. The molecule has 1 aliphatic rings. The highest BCUT2D eigenvalue weighted by Gasteiger charge is 2.28. The van der Waals surface area contributed by atoms with Crippen LogP contribution in [0.5, 0.6) is 0 Å². The molecule has 3 rings (SSSR count). The van der Waals surface area contributed by atoms with E-state index in [-0.39, 0.29) is 11.2 Å². The smallest absolute Gasteiger partial charge is 0.235 e. The van der Waals surface area contributed by atoms with Crippen molar-refractivity contribution in [2.75, 3.05) is 11.1 Å². The van der Waals surface area contributed by atoms with Gasteiger partial charge in [0, 0.05) is 11.3 Å². The summed E-state index contributed by atoms with van der Waals surface area (Å²) in [6, 6.07) is 8.30. The van der Waals surface area contributed by atoms with E-state index in [0.29, 0.717) is 11.6 Å². The molecule has 1 aliphatic heterocycles. The number of rotatable bonds is 1. The number of anilines is 1. The average molecular weight is 273 g/mol. The highest BCUT2D eigenvalue weighted by Crippen LogP contribution is 2.42. The lowest BCUT2D eigenvalue weighted by Crippen LogP contribution is -2.12. The number of aryl methyl sites for hydroxylation is 2. The van der Waals surface area contributed by atoms with Crippen molar-refractivity contribution >= 4 is 23.5 Å². The van der Waals surface area contributed by atoms with Crippen LogP contribution in [-0.4, -0.2) is 21.9 Å². The zero-order valence-corrected chi connectivity index (χ0v) is 11.7. The Balaban J connectivity index is 2.14. The molecule has 0 aliphatic carbocycles. The molecule has 0 saturated heterocycles. The van der Waals surface area contributed by atoms with Gasteiger partial charge in [-0.3, -0.25) is 9.89 Å². The van der Waals surface area contributed by atoms with Gasteiger partial charge in [-0.05, 0) is 25.0 Å². The topological polar surface area (TPSA) is 57.8 Å². The van der Waals surface area contributed by atoms with Crippen LogP contribution >= 0.6 is 11.8 Å². The third-order valence-electron chi connectivity index (χ3n) is 3.37. The number of nitrogens with zero attached hydrogens (tertiary/aromatic N) is 1. The third-order valence-corrected chi connectivity index (χ3v) is 4.62. The van der Waals surface area contributed by atoms with Gasteiger partial charge in [-0.25, -0.2) is 0 Å². The van der Waals surface area contributed by atoms with Gasteiger partial charge >= 0.3 is 0 Å². The maximum Gasteiger partial charge on any atom is 0.235 e. The quantitative estimate of drug-likeness (QED) is 0.840. The van der Waals surface area contributed by atoms with E-state index in [2.05, 4.69) is 34.6 Å². The molecule has 5 heteroatoms. The van der Waals surface area contributed by atoms with E-state index >= 15 is 0 Å². The standard InChI is InChI=1S/C14H15N3OS/c1-8-5-3-4-6-10(8)13-12-9(2)16-17-14(12)15-11(18)7-19-13/h3-6,13H,7H2,1-2H3,(H2,15,16,17,18)/t13-/m1/s1. The number of aromatic nitrogens is 2. The number of carbonyl (C=O) groups is 1. The van der Waals surface area contributed by atoms with Gasteiger partial charge in [0.15, 0.2) is 5.82 Å². The normalized spacial score (nSPS) is 18.6. The molecule has 1 aromatic carbocycles. The summed E-state index contributed by atoms with van der Waals surface area (Å²) in [7, 11) is 0. The molecule has 4 nitrogen and oxygen atoms in total. The molecule has 0 unspecified atom stereocenters. The summed E-state index contributed by atoms with van der Waals surface area (Å²) in [6.07, 6.45) is 0. The van der Waals surface area contributed by atoms with Crippen LogP contribution in [0.2, 0.25) is 0 Å². The zero-order valence-electron chi connectivity index (χ0n) is 10.9. The van der Waals surface area contributed by atoms with Gasteiger partial charge in [0.2, 0.25) is 5.91 Å². The van der Waals surface area contributed by atoms with E-state index in [0.717, 1.165) is 11.3 Å². The molecule has 0 fully saturated rings. The number of amides is 1. The van der Waals surface area contributed by atoms with Crippen LogP contribution in [0.25, 0.3) is 0 Å². The summed E-state index contributed by atoms with van der Waals surface area (Å²) in [5, 5.41) is 10.2. The fraction of sp³-hybridized carbons (Fsp3) is 0.286. The fourth-order valence-electron chi connectivity index (χ4n) is 2.39. The molecule has 0 radical (unpaired) electrons. The van der Waals surface area contributed by atoms with Crippen LogP contribution in [0.15, 0.2) is 24.3 Å². The molecule has 0 bridgehead atoms. The molecule has 0 spiro atoms. The number of hydrogen-bond acceptors (Lipinski definition) is 3. The highest BCUT2D eigenvalue weighted by atomic mass is 32.2. The van der Waals surface area contributed by atoms with Crippen LogP contribution in [0, 0.1) is 13.8 Å². The van der Waals surface area contributed by atoms with Crippen molar-refractivity contribution in [3.05, 3.63) is 46.6 Å². The fourth-order valence-corrected chi connectivity index (χ4v) is 3.68. The molecule has 2 N–H and O–H groups in total. The number of carbonyl (C=O) groups excluding carboxylic acids is 1. The number of aromatic amines is 1. The Morgan fingerprint density at radius 2 is 2.11 bits per heavy atom. The minimum Gasteiger partial charge on any atom is -0.308 e. The van der Waals surface area contributed by atoms with Gasteiger partial charge in [0.1, 0.15) is 0 Å². The van der Waals surface area contributed by atoms with Crippen LogP contribution in [-0.2, 0) is 4.79 Å². The van der Waals surface area contributed by atoms with Crippen LogP contribution in [0.1, 0.15) is 27.6 Å². The molecule has 19 heavy (non-hydrogen) atoms. The van der Waals surface area contributed by atoms with Crippen molar-refractivity contribution in [1.82, 2.24) is 10.2 Å². The number of fused-ring (bicyclic) bond motifs is 1. The number of thioether (sulfide) groups is 1. The van der Waals surface area contributed by atoms with Crippen LogP contribution < -0.4 is 5.32 Å². The summed E-state index contributed by atoms with van der Waals surface area (Å²) in [4.78, 5) is 11.7. The number of benzene rings is 1. The maximum atomic E-state index is 11.7. The van der Waals surface area contributed by atoms with Gasteiger partial charge in [0.05, 0.1) is 11.0 Å². The number of nitrogens with one attached hydrogen (secondary N) is 2. The zero-order chi connectivity index (χ0) is 13.4. The Bertz CT molecular complexity index is 635. The monoisotopic (exact) mass is 273 g/mol. The summed E-state index contributed by atoms with van der Waals surface area (Å²) < 4.78 is 0. The van der Waals surface area contributed by atoms with Crippen molar-refractivity contribution in [3.63, 3.8) is 0 Å². The van der Waals surface area contributed by atoms with Crippen LogP contribution in [0.3, 0.4) is 0 Å². The lowest BCUT2D eigenvalue weighted by Gasteiger charge is -2.17. The van der Waals surface area contributed by atoms with Gasteiger partial charge in [-0.15, -0.1) is 11.8 Å². The second-order valence-electron chi connectivity index (χ2n) is 4.71. The van der Waals surface area contributed by atoms with Crippen molar-refractivity contribution in [3.8, 4) is 0 Å². The Labute approximate surface area is 116 Å². The lowest BCUT2D eigenvalue weighted by atomic mass is 10.00. The van der Waals surface area contributed by atoms with E-state index in [1.165, 1.54) is 11.1 Å². The molecule has 0 saturated carbocycles. The van der Waals surface area contributed by atoms with Gasteiger partial charge < -0.3 is 5.32 Å². The second-order valence-corrected chi connectivity index (χ2v) is 5.80. The Kier molecular flexibility index (Phi) is 3.06. The number of H-pyrrole nitrogens is 1. The van der Waals surface area contributed by atoms with E-state index in [1.54, 1.807) is 11.8 Å². The molecule has 1 atom stereocenters. The lowest BCUT2D eigenvalue weighted by molar-refractivity contribution is -0.113. The van der Waals surface area contributed by atoms with Crippen molar-refractivity contribution < 1.29 is 4.79 Å². The third kappa shape index (κ3) is 2.14. The van der Waals surface area contributed by atoms with Crippen molar-refractivity contribution in [1.29, 1.82) is 0 Å². The Morgan fingerprint density at radius 3 is 2.89 bits per heavy atom. The van der Waals surface area contributed by atoms with E-state index in [1.807, 2.05) is 19.1 Å². The second kappa shape index (κ2) is 4.74. The first-order valence-electron chi connectivity index (χ1n) is 6.18. The minimum atomic E-state index is 0.00818. The Hall–Kier alpha value is -1.75. The minimum absolute atomic E-state index is 0.00818. The Morgan fingerprint density at radius 1 is 1.32 bits per heavy atom. The summed E-state index contributed by atoms with van der Waals surface area (Å²) in [5.74, 6) is 1.13. The first-order valence-corrected chi connectivity index (χ1v) is 7.23. The maximum absolute atomic E-state index is 11.7. The summed E-state index contributed by atoms with van der Waals surface area (Å²) in [5.41, 5.74) is 4.58. The van der Waals surface area contributed by atoms with Gasteiger partial charge in [-0.1, -0.05) is 24.3 Å². The van der Waals surface area contributed by atoms with Crippen LogP contribution in [0.4, 0.5) is 5.82 Å². The SMILES string of the molecule is Cc1ccccc1[C@H]1SCC(=O)Nc2n[nH]c(C)c21. The van der Waals surface area contributed by atoms with Gasteiger partial charge in [0.25, 0.3) is 0 Å². The summed E-state index contributed by atoms with van der Waals surface area (Å²) in [6.45, 7) is 4.10.